The summed E-state index contributed by atoms with van der Waals surface area (Å²) in [4.78, 5) is 14.4. The third-order valence-electron chi connectivity index (χ3n) is 3.39. The lowest BCUT2D eigenvalue weighted by Gasteiger charge is -2.14. The highest BCUT2D eigenvalue weighted by molar-refractivity contribution is 9.10. The third-order valence-corrected chi connectivity index (χ3v) is 3.89. The second-order valence-electron chi connectivity index (χ2n) is 4.89. The third kappa shape index (κ3) is 4.21. The van der Waals surface area contributed by atoms with E-state index in [0.29, 0.717) is 17.8 Å². The number of nitrogens with two attached hydrogens (primary N) is 1. The number of hydrogen-bond acceptors (Lipinski definition) is 3. The molecule has 1 aromatic rings. The number of nitrogens with one attached hydrogen (secondary N) is 1. The Labute approximate surface area is 122 Å². The molecule has 1 fully saturated rings. The van der Waals surface area contributed by atoms with Crippen molar-refractivity contribution in [2.45, 2.75) is 19.3 Å². The molecule has 0 aromatic heterocycles. The standard InChI is InChI=1S/C14H20BrN3O/c15-11-4-5-12(13(16)10-11)14(19)17-6-3-9-18-7-1-2-8-18/h4-5,10H,1-3,6-9,16H2,(H,17,19). The molecule has 1 heterocycles. The molecule has 4 nitrogen and oxygen atoms in total. The first-order valence-corrected chi connectivity index (χ1v) is 7.52. The number of amides is 1. The van der Waals surface area contributed by atoms with Gasteiger partial charge in [-0.1, -0.05) is 15.9 Å². The number of halogens is 1. The molecular weight excluding hydrogens is 306 g/mol. The molecule has 5 heteroatoms. The maximum atomic E-state index is 12.0. The summed E-state index contributed by atoms with van der Waals surface area (Å²) in [7, 11) is 0. The number of nitrogens with zero attached hydrogens (tertiary/aromatic N) is 1. The Balaban J connectivity index is 1.74. The lowest BCUT2D eigenvalue weighted by molar-refractivity contribution is 0.0953. The average molecular weight is 326 g/mol. The average Bonchev–Trinajstić information content (AvgIpc) is 2.87. The van der Waals surface area contributed by atoms with E-state index in [1.54, 1.807) is 12.1 Å². The molecule has 0 unspecified atom stereocenters. The van der Waals surface area contributed by atoms with Crippen LogP contribution in [-0.2, 0) is 0 Å². The molecule has 1 aromatic carbocycles. The van der Waals surface area contributed by atoms with Crippen LogP contribution in [0.25, 0.3) is 0 Å². The number of benzene rings is 1. The van der Waals surface area contributed by atoms with Gasteiger partial charge in [0.2, 0.25) is 0 Å². The van der Waals surface area contributed by atoms with Gasteiger partial charge in [-0.2, -0.15) is 0 Å². The van der Waals surface area contributed by atoms with Crippen LogP contribution in [0.15, 0.2) is 22.7 Å². The zero-order valence-corrected chi connectivity index (χ0v) is 12.6. The van der Waals surface area contributed by atoms with E-state index in [-0.39, 0.29) is 5.91 Å². The maximum Gasteiger partial charge on any atom is 0.253 e. The van der Waals surface area contributed by atoms with Gasteiger partial charge in [0.25, 0.3) is 5.91 Å². The summed E-state index contributed by atoms with van der Waals surface area (Å²) in [6, 6.07) is 5.32. The van der Waals surface area contributed by atoms with Crippen LogP contribution in [-0.4, -0.2) is 37.0 Å². The zero-order chi connectivity index (χ0) is 13.7. The number of hydrogen-bond donors (Lipinski definition) is 2. The van der Waals surface area contributed by atoms with E-state index in [1.165, 1.54) is 25.9 Å². The molecule has 0 bridgehead atoms. The second kappa shape index (κ2) is 6.91. The second-order valence-corrected chi connectivity index (χ2v) is 5.81. The minimum atomic E-state index is -0.0913. The lowest BCUT2D eigenvalue weighted by Crippen LogP contribution is -2.29. The number of rotatable bonds is 5. The Bertz CT molecular complexity index is 444. The first-order valence-electron chi connectivity index (χ1n) is 6.72. The van der Waals surface area contributed by atoms with Gasteiger partial charge in [-0.25, -0.2) is 0 Å². The highest BCUT2D eigenvalue weighted by atomic mass is 79.9. The summed E-state index contributed by atoms with van der Waals surface area (Å²) in [5.74, 6) is -0.0913. The monoisotopic (exact) mass is 325 g/mol. The fraction of sp³-hybridized carbons (Fsp3) is 0.500. The van der Waals surface area contributed by atoms with Gasteiger partial charge in [0.15, 0.2) is 0 Å². The van der Waals surface area contributed by atoms with E-state index in [0.717, 1.165) is 17.4 Å². The van der Waals surface area contributed by atoms with E-state index in [9.17, 15) is 4.79 Å². The Morgan fingerprint density at radius 1 is 1.37 bits per heavy atom. The van der Waals surface area contributed by atoms with Gasteiger partial charge in [-0.15, -0.1) is 0 Å². The summed E-state index contributed by atoms with van der Waals surface area (Å²) in [6.07, 6.45) is 3.60. The van der Waals surface area contributed by atoms with Crippen molar-refractivity contribution in [3.8, 4) is 0 Å². The number of carbonyl (C=O) groups is 1. The zero-order valence-electron chi connectivity index (χ0n) is 11.0. The normalized spacial score (nSPS) is 15.6. The topological polar surface area (TPSA) is 58.4 Å². The van der Waals surface area contributed by atoms with Crippen LogP contribution in [0.4, 0.5) is 5.69 Å². The Morgan fingerprint density at radius 2 is 2.11 bits per heavy atom. The van der Waals surface area contributed by atoms with Gasteiger partial charge in [-0.3, -0.25) is 4.79 Å². The van der Waals surface area contributed by atoms with Crippen LogP contribution < -0.4 is 11.1 Å². The first-order chi connectivity index (χ1) is 9.16. The van der Waals surface area contributed by atoms with Crippen LogP contribution in [0.3, 0.4) is 0 Å². The molecule has 0 spiro atoms. The van der Waals surface area contributed by atoms with Crippen LogP contribution in [0.1, 0.15) is 29.6 Å². The molecule has 1 amide bonds. The van der Waals surface area contributed by atoms with E-state index >= 15 is 0 Å². The molecule has 0 radical (unpaired) electrons. The lowest BCUT2D eigenvalue weighted by atomic mass is 10.1. The Kier molecular flexibility index (Phi) is 5.22. The summed E-state index contributed by atoms with van der Waals surface area (Å²) in [6.45, 7) is 4.17. The number of nitrogen functional groups attached to an aromatic ring is 1. The largest absolute Gasteiger partial charge is 0.398 e. The van der Waals surface area contributed by atoms with Crippen LogP contribution in [0.2, 0.25) is 0 Å². The summed E-state index contributed by atoms with van der Waals surface area (Å²) < 4.78 is 0.885. The van der Waals surface area contributed by atoms with Crippen molar-refractivity contribution in [3.05, 3.63) is 28.2 Å². The van der Waals surface area contributed by atoms with Crippen molar-refractivity contribution >= 4 is 27.5 Å². The maximum absolute atomic E-state index is 12.0. The van der Waals surface area contributed by atoms with E-state index < -0.39 is 0 Å². The highest BCUT2D eigenvalue weighted by Crippen LogP contribution is 2.18. The predicted molar refractivity (Wildman–Crippen MR) is 81.2 cm³/mol. The number of anilines is 1. The van der Waals surface area contributed by atoms with Crippen molar-refractivity contribution in [2.75, 3.05) is 31.9 Å². The molecule has 0 aliphatic carbocycles. The van der Waals surface area contributed by atoms with Crippen molar-refractivity contribution in [2.24, 2.45) is 0 Å². The number of likely N-dealkylation sites (tertiary alicyclic amines) is 1. The molecular formula is C14H20BrN3O. The Hall–Kier alpha value is -1.07. The molecule has 2 rings (SSSR count). The van der Waals surface area contributed by atoms with Crippen molar-refractivity contribution in [1.82, 2.24) is 10.2 Å². The van der Waals surface area contributed by atoms with Gasteiger partial charge in [0, 0.05) is 16.7 Å². The molecule has 1 aliphatic heterocycles. The van der Waals surface area contributed by atoms with Gasteiger partial charge < -0.3 is 16.0 Å². The first kappa shape index (κ1) is 14.3. The van der Waals surface area contributed by atoms with Crippen LogP contribution in [0.5, 0.6) is 0 Å². The molecule has 0 saturated carbocycles. The SMILES string of the molecule is Nc1cc(Br)ccc1C(=O)NCCCN1CCCC1. The van der Waals surface area contributed by atoms with E-state index in [2.05, 4.69) is 26.1 Å². The molecule has 19 heavy (non-hydrogen) atoms. The van der Waals surface area contributed by atoms with Crippen molar-refractivity contribution in [3.63, 3.8) is 0 Å². The fourth-order valence-corrected chi connectivity index (χ4v) is 2.73. The number of carbonyl (C=O) groups excluding carboxylic acids is 1. The molecule has 104 valence electrons. The molecule has 0 atom stereocenters. The minimum Gasteiger partial charge on any atom is -0.398 e. The summed E-state index contributed by atoms with van der Waals surface area (Å²) in [5, 5.41) is 2.92. The van der Waals surface area contributed by atoms with Crippen LogP contribution >= 0.6 is 15.9 Å². The van der Waals surface area contributed by atoms with E-state index in [4.69, 9.17) is 5.73 Å². The van der Waals surface area contributed by atoms with E-state index in [1.807, 2.05) is 6.07 Å². The summed E-state index contributed by atoms with van der Waals surface area (Å²) in [5.41, 5.74) is 6.88. The van der Waals surface area contributed by atoms with Gasteiger partial charge in [-0.05, 0) is 57.1 Å². The summed E-state index contributed by atoms with van der Waals surface area (Å²) >= 11 is 3.33. The minimum absolute atomic E-state index is 0.0913. The van der Waals surface area contributed by atoms with Crippen LogP contribution in [0, 0.1) is 0 Å². The fourth-order valence-electron chi connectivity index (χ4n) is 2.35. The Morgan fingerprint density at radius 3 is 2.79 bits per heavy atom. The van der Waals surface area contributed by atoms with Gasteiger partial charge in [0.1, 0.15) is 0 Å². The van der Waals surface area contributed by atoms with Crippen molar-refractivity contribution in [1.29, 1.82) is 0 Å². The predicted octanol–water partition coefficient (Wildman–Crippen LogP) is 2.25. The smallest absolute Gasteiger partial charge is 0.253 e. The molecule has 1 saturated heterocycles. The highest BCUT2D eigenvalue weighted by Gasteiger charge is 2.12. The van der Waals surface area contributed by atoms with Gasteiger partial charge in [0.05, 0.1) is 5.56 Å². The van der Waals surface area contributed by atoms with Crippen molar-refractivity contribution < 1.29 is 4.79 Å². The quantitative estimate of drug-likeness (QED) is 0.644. The molecule has 3 N–H and O–H groups in total. The van der Waals surface area contributed by atoms with Gasteiger partial charge >= 0.3 is 0 Å². The molecule has 1 aliphatic rings.